The van der Waals surface area contributed by atoms with Gasteiger partial charge in [0.15, 0.2) is 0 Å². The van der Waals surface area contributed by atoms with E-state index in [-0.39, 0.29) is 5.76 Å². The molecule has 3 rings (SSSR count). The summed E-state index contributed by atoms with van der Waals surface area (Å²) in [5, 5.41) is 11.7. The maximum Gasteiger partial charge on any atom is 0.134 e. The number of aliphatic hydroxyl groups excluding tert-OH is 1. The summed E-state index contributed by atoms with van der Waals surface area (Å²) in [6.45, 7) is 0. The van der Waals surface area contributed by atoms with Gasteiger partial charge >= 0.3 is 0 Å². The molecule has 0 unspecified atom stereocenters. The van der Waals surface area contributed by atoms with Gasteiger partial charge in [0.25, 0.3) is 0 Å². The van der Waals surface area contributed by atoms with Gasteiger partial charge in [-0.1, -0.05) is 30.3 Å². The molecule has 2 nitrogen and oxygen atoms in total. The second-order valence-corrected chi connectivity index (χ2v) is 3.70. The predicted octanol–water partition coefficient (Wildman–Crippen LogP) is 1.50. The topological polar surface area (TPSA) is 29.5 Å². The van der Waals surface area contributed by atoms with E-state index in [0.29, 0.717) is 0 Å². The van der Waals surface area contributed by atoms with Crippen LogP contribution in [0.2, 0.25) is 0 Å². The molecule has 0 atom stereocenters. The number of hydrogen-bond donors (Lipinski definition) is 1. The molecule has 78 valence electrons. The highest BCUT2D eigenvalue weighted by molar-refractivity contribution is 5.74. The van der Waals surface area contributed by atoms with E-state index in [1.165, 1.54) is 0 Å². The van der Waals surface area contributed by atoms with E-state index in [4.69, 9.17) is 4.74 Å². The number of aliphatic hydroxyl groups is 1. The molecule has 16 heavy (non-hydrogen) atoms. The molecule has 0 bridgehead atoms. The van der Waals surface area contributed by atoms with Crippen molar-refractivity contribution in [2.75, 3.05) is 0 Å². The minimum Gasteiger partial charge on any atom is -0.508 e. The summed E-state index contributed by atoms with van der Waals surface area (Å²) in [6, 6.07) is 7.95. The predicted molar refractivity (Wildman–Crippen MR) is 62.6 cm³/mol. The van der Waals surface area contributed by atoms with Crippen LogP contribution in [0.15, 0.2) is 60.1 Å². The van der Waals surface area contributed by atoms with Crippen molar-refractivity contribution in [3.05, 3.63) is 70.5 Å². The second-order valence-electron chi connectivity index (χ2n) is 3.70. The van der Waals surface area contributed by atoms with Crippen molar-refractivity contribution in [2.45, 2.75) is 0 Å². The average molecular weight is 210 g/mol. The van der Waals surface area contributed by atoms with Crippen LogP contribution in [-0.2, 0) is 4.74 Å². The summed E-state index contributed by atoms with van der Waals surface area (Å²) < 4.78 is 5.53. The molecule has 1 heterocycles. The van der Waals surface area contributed by atoms with E-state index in [9.17, 15) is 5.11 Å². The molecule has 1 N–H and O–H groups in total. The van der Waals surface area contributed by atoms with Crippen LogP contribution in [0.3, 0.4) is 0 Å². The fourth-order valence-electron chi connectivity index (χ4n) is 1.88. The Hall–Kier alpha value is -2.22. The number of rotatable bonds is 0. The Labute approximate surface area is 92.8 Å². The number of allylic oxidation sites excluding steroid dienone is 4. The summed E-state index contributed by atoms with van der Waals surface area (Å²) >= 11 is 0. The van der Waals surface area contributed by atoms with Crippen molar-refractivity contribution in [1.82, 2.24) is 0 Å². The summed E-state index contributed by atoms with van der Waals surface area (Å²) in [4.78, 5) is 0. The Bertz CT molecular complexity index is 646. The zero-order valence-corrected chi connectivity index (χ0v) is 8.55. The van der Waals surface area contributed by atoms with Crippen LogP contribution in [0, 0.1) is 0 Å². The van der Waals surface area contributed by atoms with Gasteiger partial charge in [0, 0.05) is 10.8 Å². The zero-order valence-electron chi connectivity index (χ0n) is 8.55. The normalized spacial score (nSPS) is 17.1. The van der Waals surface area contributed by atoms with Crippen LogP contribution in [0.25, 0.3) is 11.8 Å². The highest BCUT2D eigenvalue weighted by Crippen LogP contribution is 2.19. The van der Waals surface area contributed by atoms with Crippen LogP contribution >= 0.6 is 0 Å². The fourth-order valence-corrected chi connectivity index (χ4v) is 1.88. The third-order valence-corrected chi connectivity index (χ3v) is 2.64. The van der Waals surface area contributed by atoms with Gasteiger partial charge in [-0.05, 0) is 23.4 Å². The van der Waals surface area contributed by atoms with E-state index >= 15 is 0 Å². The van der Waals surface area contributed by atoms with Crippen LogP contribution in [0.5, 0.6) is 0 Å². The highest BCUT2D eigenvalue weighted by Gasteiger charge is 2.11. The van der Waals surface area contributed by atoms with Crippen molar-refractivity contribution in [3.8, 4) is 0 Å². The first kappa shape index (κ1) is 9.04. The number of fused-ring (bicyclic) bond motifs is 2. The van der Waals surface area contributed by atoms with E-state index in [1.54, 1.807) is 24.5 Å². The van der Waals surface area contributed by atoms with Crippen molar-refractivity contribution in [2.24, 2.45) is 0 Å². The molecule has 2 aliphatic rings. The van der Waals surface area contributed by atoms with E-state index < -0.39 is 0 Å². The van der Waals surface area contributed by atoms with Gasteiger partial charge in [-0.2, -0.15) is 0 Å². The number of hydrogen-bond acceptors (Lipinski definition) is 2. The monoisotopic (exact) mass is 210 g/mol. The quantitative estimate of drug-likeness (QED) is 0.703. The molecule has 0 aromatic heterocycles. The van der Waals surface area contributed by atoms with E-state index in [0.717, 1.165) is 21.8 Å². The molecule has 0 saturated heterocycles. The van der Waals surface area contributed by atoms with Crippen molar-refractivity contribution < 1.29 is 9.84 Å². The third kappa shape index (κ3) is 1.36. The van der Waals surface area contributed by atoms with Gasteiger partial charge in [-0.15, -0.1) is 0 Å². The lowest BCUT2D eigenvalue weighted by atomic mass is 10.1. The van der Waals surface area contributed by atoms with Crippen molar-refractivity contribution in [1.29, 1.82) is 0 Å². The molecule has 0 saturated carbocycles. The Balaban J connectivity index is 2.42. The lowest BCUT2D eigenvalue weighted by molar-refractivity contribution is 0.420. The van der Waals surface area contributed by atoms with Crippen LogP contribution in [-0.4, -0.2) is 5.11 Å². The van der Waals surface area contributed by atoms with Crippen LogP contribution in [0.4, 0.5) is 0 Å². The zero-order chi connectivity index (χ0) is 11.0. The summed E-state index contributed by atoms with van der Waals surface area (Å²) in [5.74, 6) is 1.00. The maximum absolute atomic E-state index is 9.61. The van der Waals surface area contributed by atoms with Gasteiger partial charge in [-0.3, -0.25) is 0 Å². The number of benzene rings is 1. The van der Waals surface area contributed by atoms with Gasteiger partial charge in [0.1, 0.15) is 11.5 Å². The Morgan fingerprint density at radius 1 is 1.12 bits per heavy atom. The average Bonchev–Trinajstić information content (AvgIpc) is 2.50. The molecule has 0 fully saturated rings. The molecule has 1 aliphatic heterocycles. The highest BCUT2D eigenvalue weighted by atomic mass is 16.5. The molecule has 0 amide bonds. The van der Waals surface area contributed by atoms with Gasteiger partial charge < -0.3 is 9.84 Å². The Morgan fingerprint density at radius 2 is 2.00 bits per heavy atom. The molecule has 1 aliphatic carbocycles. The summed E-state index contributed by atoms with van der Waals surface area (Å²) in [5.41, 5.74) is 0.917. The largest absolute Gasteiger partial charge is 0.508 e. The van der Waals surface area contributed by atoms with E-state index in [1.807, 2.05) is 30.3 Å². The standard InChI is InChI=1S/C14H10O2/c15-11-5-3-7-14-13(8-11)12-6-2-1-4-10(12)9-16-14/h1-9,15H. The lowest BCUT2D eigenvalue weighted by Crippen LogP contribution is -2.30. The van der Waals surface area contributed by atoms with Gasteiger partial charge in [0.2, 0.25) is 0 Å². The van der Waals surface area contributed by atoms with Gasteiger partial charge in [-0.25, -0.2) is 0 Å². The maximum atomic E-state index is 9.61. The molecular weight excluding hydrogens is 200 g/mol. The first-order valence-electron chi connectivity index (χ1n) is 5.10. The Morgan fingerprint density at radius 3 is 2.94 bits per heavy atom. The van der Waals surface area contributed by atoms with Crippen LogP contribution in [0.1, 0.15) is 0 Å². The lowest BCUT2D eigenvalue weighted by Gasteiger charge is -2.11. The molecule has 1 aromatic carbocycles. The number of ether oxygens (including phenoxy) is 1. The molecule has 1 aromatic rings. The molecule has 2 heteroatoms. The fraction of sp³-hybridized carbons (Fsp3) is 0. The Kier molecular flexibility index (Phi) is 1.93. The minimum atomic E-state index is 0.238. The summed E-state index contributed by atoms with van der Waals surface area (Å²) in [6.07, 6.45) is 8.72. The van der Waals surface area contributed by atoms with Crippen molar-refractivity contribution >= 4 is 11.8 Å². The molecular formula is C14H10O2. The first-order valence-corrected chi connectivity index (χ1v) is 5.10. The summed E-state index contributed by atoms with van der Waals surface area (Å²) in [7, 11) is 0. The smallest absolute Gasteiger partial charge is 0.134 e. The molecule has 0 radical (unpaired) electrons. The van der Waals surface area contributed by atoms with E-state index in [2.05, 4.69) is 0 Å². The van der Waals surface area contributed by atoms with Gasteiger partial charge in [0.05, 0.1) is 6.26 Å². The van der Waals surface area contributed by atoms with Crippen molar-refractivity contribution in [3.63, 3.8) is 0 Å². The SMILES string of the molecule is OC1=CC2=c3ccccc3=COC2=CC=C1. The van der Waals surface area contributed by atoms with Crippen LogP contribution < -0.4 is 10.4 Å². The third-order valence-electron chi connectivity index (χ3n) is 2.64. The minimum absolute atomic E-state index is 0.238. The second kappa shape index (κ2) is 3.42. The first-order chi connectivity index (χ1) is 7.84. The molecule has 0 spiro atoms.